The molecule has 5 nitrogen and oxygen atoms in total. The molecular formula is C16H31N3O2. The minimum Gasteiger partial charge on any atom is -0.468 e. The molecule has 0 bridgehead atoms. The van der Waals surface area contributed by atoms with E-state index in [0.717, 1.165) is 32.6 Å². The highest BCUT2D eigenvalue weighted by atomic mass is 16.5. The first-order chi connectivity index (χ1) is 9.94. The molecule has 1 N–H and O–H groups in total. The summed E-state index contributed by atoms with van der Waals surface area (Å²) in [7, 11) is 3.67. The Morgan fingerprint density at radius 1 is 1.33 bits per heavy atom. The Bertz CT molecular complexity index is 359. The maximum absolute atomic E-state index is 12.2. The van der Waals surface area contributed by atoms with Crippen LogP contribution in [-0.4, -0.2) is 73.7 Å². The van der Waals surface area contributed by atoms with Gasteiger partial charge >= 0.3 is 5.97 Å². The van der Waals surface area contributed by atoms with Gasteiger partial charge in [0.2, 0.25) is 0 Å². The summed E-state index contributed by atoms with van der Waals surface area (Å²) in [4.78, 5) is 17.1. The van der Waals surface area contributed by atoms with E-state index in [1.165, 1.54) is 26.4 Å². The second kappa shape index (κ2) is 7.07. The summed E-state index contributed by atoms with van der Waals surface area (Å²) in [6.45, 7) is 8.70. The molecule has 5 heteroatoms. The van der Waals surface area contributed by atoms with Crippen molar-refractivity contribution < 1.29 is 9.53 Å². The fourth-order valence-electron chi connectivity index (χ4n) is 3.33. The summed E-state index contributed by atoms with van der Waals surface area (Å²) in [6.07, 6.45) is 4.36. The van der Waals surface area contributed by atoms with Gasteiger partial charge in [0.05, 0.1) is 7.11 Å². The van der Waals surface area contributed by atoms with E-state index in [0.29, 0.717) is 12.1 Å². The molecule has 1 heterocycles. The number of carbonyl (C=O) groups is 1. The van der Waals surface area contributed by atoms with Crippen LogP contribution in [0.15, 0.2) is 0 Å². The predicted octanol–water partition coefficient (Wildman–Crippen LogP) is 1.09. The lowest BCUT2D eigenvalue weighted by Crippen LogP contribution is -2.55. The van der Waals surface area contributed by atoms with E-state index in [9.17, 15) is 4.79 Å². The van der Waals surface area contributed by atoms with E-state index in [1.54, 1.807) is 0 Å². The van der Waals surface area contributed by atoms with Crippen LogP contribution in [0.5, 0.6) is 0 Å². The Morgan fingerprint density at radius 3 is 2.67 bits per heavy atom. The quantitative estimate of drug-likeness (QED) is 0.744. The maximum Gasteiger partial charge on any atom is 0.325 e. The molecule has 1 saturated heterocycles. The van der Waals surface area contributed by atoms with Crippen molar-refractivity contribution in [3.05, 3.63) is 0 Å². The summed E-state index contributed by atoms with van der Waals surface area (Å²) >= 11 is 0. The van der Waals surface area contributed by atoms with Crippen molar-refractivity contribution in [2.24, 2.45) is 0 Å². The molecule has 1 aliphatic heterocycles. The van der Waals surface area contributed by atoms with Crippen LogP contribution in [0.25, 0.3) is 0 Å². The minimum absolute atomic E-state index is 0.131. The number of methoxy groups -OCH3 is 1. The number of nitrogens with zero attached hydrogens (tertiary/aromatic N) is 2. The lowest BCUT2D eigenvalue weighted by Gasteiger charge is -2.35. The average Bonchev–Trinajstić information content (AvgIpc) is 3.25. The zero-order valence-corrected chi connectivity index (χ0v) is 14.0. The van der Waals surface area contributed by atoms with Crippen molar-refractivity contribution >= 4 is 5.97 Å². The number of rotatable bonds is 6. The van der Waals surface area contributed by atoms with Crippen LogP contribution < -0.4 is 5.32 Å². The van der Waals surface area contributed by atoms with E-state index in [4.69, 9.17) is 4.74 Å². The topological polar surface area (TPSA) is 44.8 Å². The van der Waals surface area contributed by atoms with Gasteiger partial charge in [0.25, 0.3) is 0 Å². The molecule has 0 radical (unpaired) electrons. The van der Waals surface area contributed by atoms with Crippen LogP contribution in [0.2, 0.25) is 0 Å². The van der Waals surface area contributed by atoms with E-state index in [-0.39, 0.29) is 5.97 Å². The van der Waals surface area contributed by atoms with Crippen molar-refractivity contribution in [2.75, 3.05) is 40.3 Å². The largest absolute Gasteiger partial charge is 0.468 e. The Labute approximate surface area is 129 Å². The second-order valence-electron chi connectivity index (χ2n) is 6.99. The summed E-state index contributed by atoms with van der Waals surface area (Å²) in [6, 6.07) is 0.878. The molecule has 0 amide bonds. The van der Waals surface area contributed by atoms with Gasteiger partial charge in [-0.3, -0.25) is 15.0 Å². The molecule has 122 valence electrons. The molecule has 1 saturated carbocycles. The molecule has 21 heavy (non-hydrogen) atoms. The zero-order valence-electron chi connectivity index (χ0n) is 14.0. The molecule has 2 unspecified atom stereocenters. The van der Waals surface area contributed by atoms with E-state index in [1.807, 2.05) is 6.92 Å². The van der Waals surface area contributed by atoms with Crippen molar-refractivity contribution in [2.45, 2.75) is 57.2 Å². The third-order valence-corrected chi connectivity index (χ3v) is 4.82. The van der Waals surface area contributed by atoms with Crippen LogP contribution >= 0.6 is 0 Å². The van der Waals surface area contributed by atoms with Crippen molar-refractivity contribution in [3.63, 3.8) is 0 Å². The monoisotopic (exact) mass is 297 g/mol. The van der Waals surface area contributed by atoms with Gasteiger partial charge in [-0.1, -0.05) is 0 Å². The smallest absolute Gasteiger partial charge is 0.325 e. The number of hydrogen-bond donors (Lipinski definition) is 1. The first-order valence-electron chi connectivity index (χ1n) is 8.23. The molecule has 2 aliphatic rings. The first-order valence-corrected chi connectivity index (χ1v) is 8.23. The van der Waals surface area contributed by atoms with Crippen LogP contribution in [0.1, 0.15) is 39.5 Å². The Kier molecular flexibility index (Phi) is 5.63. The van der Waals surface area contributed by atoms with Crippen LogP contribution in [-0.2, 0) is 9.53 Å². The van der Waals surface area contributed by atoms with Crippen molar-refractivity contribution in [1.82, 2.24) is 15.1 Å². The zero-order chi connectivity index (χ0) is 15.5. The highest BCUT2D eigenvalue weighted by Crippen LogP contribution is 2.27. The van der Waals surface area contributed by atoms with E-state index >= 15 is 0 Å². The average molecular weight is 297 g/mol. The second-order valence-corrected chi connectivity index (χ2v) is 6.99. The number of ether oxygens (including phenoxy) is 1. The Balaban J connectivity index is 1.96. The normalized spacial score (nSPS) is 25.9. The third kappa shape index (κ3) is 4.66. The minimum atomic E-state index is -0.562. The van der Waals surface area contributed by atoms with Gasteiger partial charge in [-0.15, -0.1) is 0 Å². The summed E-state index contributed by atoms with van der Waals surface area (Å²) < 4.78 is 5.05. The van der Waals surface area contributed by atoms with Gasteiger partial charge in [-0.25, -0.2) is 0 Å². The molecule has 0 spiro atoms. The summed E-state index contributed by atoms with van der Waals surface area (Å²) in [5, 5.41) is 3.50. The van der Waals surface area contributed by atoms with Gasteiger partial charge in [-0.2, -0.15) is 0 Å². The SMILES string of the molecule is COC(=O)C(C)(CC(C)N1CCCN(C)CC1)NC1CC1. The third-order valence-electron chi connectivity index (χ3n) is 4.82. The summed E-state index contributed by atoms with van der Waals surface area (Å²) in [5.74, 6) is -0.131. The van der Waals surface area contributed by atoms with Crippen LogP contribution in [0.4, 0.5) is 0 Å². The fourth-order valence-corrected chi connectivity index (χ4v) is 3.33. The number of esters is 1. The van der Waals surface area contributed by atoms with Gasteiger partial charge < -0.3 is 9.64 Å². The molecule has 0 aromatic rings. The lowest BCUT2D eigenvalue weighted by molar-refractivity contribution is -0.149. The van der Waals surface area contributed by atoms with Crippen LogP contribution in [0, 0.1) is 0 Å². The molecular weight excluding hydrogens is 266 g/mol. The highest BCUT2D eigenvalue weighted by Gasteiger charge is 2.41. The first kappa shape index (κ1) is 16.7. The number of nitrogens with one attached hydrogen (secondary N) is 1. The van der Waals surface area contributed by atoms with Gasteiger partial charge in [0.1, 0.15) is 5.54 Å². The Hall–Kier alpha value is -0.650. The molecule has 2 fully saturated rings. The number of hydrogen-bond acceptors (Lipinski definition) is 5. The molecule has 0 aromatic heterocycles. The van der Waals surface area contributed by atoms with Gasteiger partial charge in [0, 0.05) is 25.2 Å². The Morgan fingerprint density at radius 2 is 2.05 bits per heavy atom. The molecule has 1 aliphatic carbocycles. The van der Waals surface area contributed by atoms with E-state index < -0.39 is 5.54 Å². The number of likely N-dealkylation sites (N-methyl/N-ethyl adjacent to an activating group) is 1. The van der Waals surface area contributed by atoms with E-state index in [2.05, 4.69) is 29.1 Å². The van der Waals surface area contributed by atoms with Gasteiger partial charge in [-0.05, 0) is 59.7 Å². The molecule has 2 rings (SSSR count). The summed E-state index contributed by atoms with van der Waals surface area (Å²) in [5.41, 5.74) is -0.562. The maximum atomic E-state index is 12.2. The van der Waals surface area contributed by atoms with Crippen LogP contribution in [0.3, 0.4) is 0 Å². The number of carbonyl (C=O) groups excluding carboxylic acids is 1. The highest BCUT2D eigenvalue weighted by molar-refractivity contribution is 5.80. The molecule has 2 atom stereocenters. The van der Waals surface area contributed by atoms with Crippen molar-refractivity contribution in [1.29, 1.82) is 0 Å². The van der Waals surface area contributed by atoms with Crippen molar-refractivity contribution in [3.8, 4) is 0 Å². The predicted molar refractivity (Wildman–Crippen MR) is 84.3 cm³/mol. The van der Waals surface area contributed by atoms with Gasteiger partial charge in [0.15, 0.2) is 0 Å². The lowest BCUT2D eigenvalue weighted by atomic mass is 9.92. The fraction of sp³-hybridized carbons (Fsp3) is 0.938. The standard InChI is InChI=1S/C16H31N3O2/c1-13(19-9-5-8-18(3)10-11-19)12-16(2,15(20)21-4)17-14-6-7-14/h13-14,17H,5-12H2,1-4H3. The molecule has 0 aromatic carbocycles.